The van der Waals surface area contributed by atoms with Gasteiger partial charge in [0.2, 0.25) is 0 Å². The van der Waals surface area contributed by atoms with Gasteiger partial charge in [-0.15, -0.1) is 0 Å². The number of nitrogens with one attached hydrogen (secondary N) is 1. The molecule has 23 heavy (non-hydrogen) atoms. The van der Waals surface area contributed by atoms with Crippen molar-refractivity contribution in [1.82, 2.24) is 0 Å². The van der Waals surface area contributed by atoms with Crippen LogP contribution in [0.5, 0.6) is 5.75 Å². The Morgan fingerprint density at radius 3 is 2.52 bits per heavy atom. The van der Waals surface area contributed by atoms with Gasteiger partial charge in [-0.25, -0.2) is 4.79 Å². The Bertz CT molecular complexity index is 749. The van der Waals surface area contributed by atoms with Crippen LogP contribution in [0.1, 0.15) is 17.3 Å². The van der Waals surface area contributed by atoms with Crippen LogP contribution in [0.15, 0.2) is 42.5 Å². The van der Waals surface area contributed by atoms with Crippen LogP contribution in [0, 0.1) is 0 Å². The normalized spacial score (nSPS) is 11.6. The van der Waals surface area contributed by atoms with Crippen molar-refractivity contribution >= 4 is 40.8 Å². The van der Waals surface area contributed by atoms with Gasteiger partial charge in [-0.2, -0.15) is 0 Å². The first-order valence-corrected chi connectivity index (χ1v) is 7.39. The van der Waals surface area contributed by atoms with Crippen molar-refractivity contribution < 1.29 is 19.4 Å². The van der Waals surface area contributed by atoms with Crippen molar-refractivity contribution in [3.8, 4) is 5.75 Å². The largest absolute Gasteiger partial charge is 0.507 e. The first kappa shape index (κ1) is 17.1. The Labute approximate surface area is 142 Å². The van der Waals surface area contributed by atoms with E-state index in [-0.39, 0.29) is 16.3 Å². The molecular formula is C16H13Cl2NO4. The van der Waals surface area contributed by atoms with Crippen LogP contribution in [0.2, 0.25) is 10.0 Å². The number of amides is 1. The highest BCUT2D eigenvalue weighted by molar-refractivity contribution is 6.33. The lowest BCUT2D eigenvalue weighted by Crippen LogP contribution is -2.30. The molecule has 0 heterocycles. The molecule has 2 rings (SSSR count). The van der Waals surface area contributed by atoms with E-state index in [0.717, 1.165) is 0 Å². The van der Waals surface area contributed by atoms with Crippen LogP contribution in [0.25, 0.3) is 0 Å². The number of anilines is 1. The number of carbonyl (C=O) groups excluding carboxylic acids is 2. The molecule has 0 bridgehead atoms. The highest BCUT2D eigenvalue weighted by Crippen LogP contribution is 2.24. The molecule has 2 aromatic rings. The standard InChI is InChI=1S/C16H13Cl2NO4/c1-9(15(21)19-13-5-3-2-4-12(13)18)23-16(22)11-7-6-10(17)8-14(11)20/h2-9,20H,1H3,(H,19,21)/t9-/m1/s1. The minimum Gasteiger partial charge on any atom is -0.507 e. The van der Waals surface area contributed by atoms with Gasteiger partial charge in [0.15, 0.2) is 6.10 Å². The molecule has 1 atom stereocenters. The quantitative estimate of drug-likeness (QED) is 0.817. The lowest BCUT2D eigenvalue weighted by atomic mass is 10.2. The number of phenols is 1. The summed E-state index contributed by atoms with van der Waals surface area (Å²) in [6.07, 6.45) is -1.08. The minimum absolute atomic E-state index is 0.0770. The van der Waals surface area contributed by atoms with Crippen LogP contribution in [-0.2, 0) is 9.53 Å². The molecule has 0 aliphatic heterocycles. The van der Waals surface area contributed by atoms with Crippen molar-refractivity contribution in [2.24, 2.45) is 0 Å². The lowest BCUT2D eigenvalue weighted by molar-refractivity contribution is -0.123. The predicted octanol–water partition coefficient (Wildman–Crippen LogP) is 3.88. The fraction of sp³-hybridized carbons (Fsp3) is 0.125. The topological polar surface area (TPSA) is 75.6 Å². The number of halogens is 2. The van der Waals surface area contributed by atoms with Crippen molar-refractivity contribution in [2.75, 3.05) is 5.32 Å². The van der Waals surface area contributed by atoms with Gasteiger partial charge in [0.25, 0.3) is 5.91 Å². The number of rotatable bonds is 4. The van der Waals surface area contributed by atoms with Gasteiger partial charge in [0, 0.05) is 5.02 Å². The van der Waals surface area contributed by atoms with Crippen LogP contribution < -0.4 is 5.32 Å². The number of para-hydroxylation sites is 1. The van der Waals surface area contributed by atoms with Gasteiger partial charge in [0.05, 0.1) is 10.7 Å². The zero-order chi connectivity index (χ0) is 17.0. The van der Waals surface area contributed by atoms with Gasteiger partial charge < -0.3 is 15.2 Å². The molecule has 0 radical (unpaired) electrons. The molecule has 2 N–H and O–H groups in total. The predicted molar refractivity (Wildman–Crippen MR) is 88.1 cm³/mol. The van der Waals surface area contributed by atoms with Crippen LogP contribution >= 0.6 is 23.2 Å². The number of benzene rings is 2. The Balaban J connectivity index is 2.03. The third-order valence-corrected chi connectivity index (χ3v) is 3.53. The van der Waals surface area contributed by atoms with Crippen molar-refractivity contribution in [3.05, 3.63) is 58.1 Å². The molecular weight excluding hydrogens is 341 g/mol. The third kappa shape index (κ3) is 4.37. The molecule has 0 spiro atoms. The number of ether oxygens (including phenoxy) is 1. The zero-order valence-corrected chi connectivity index (χ0v) is 13.6. The molecule has 0 saturated heterocycles. The van der Waals surface area contributed by atoms with Crippen LogP contribution in [0.4, 0.5) is 5.69 Å². The SMILES string of the molecule is C[C@@H](OC(=O)c1ccc(Cl)cc1O)C(=O)Nc1ccccc1Cl. The lowest BCUT2D eigenvalue weighted by Gasteiger charge is -2.14. The smallest absolute Gasteiger partial charge is 0.342 e. The number of phenolic OH excluding ortho intramolecular Hbond substituents is 1. The van der Waals surface area contributed by atoms with E-state index in [1.165, 1.54) is 25.1 Å². The number of hydrogen-bond acceptors (Lipinski definition) is 4. The first-order valence-electron chi connectivity index (χ1n) is 6.63. The second-order valence-corrected chi connectivity index (χ2v) is 5.52. The van der Waals surface area contributed by atoms with Crippen molar-refractivity contribution in [2.45, 2.75) is 13.0 Å². The molecule has 5 nitrogen and oxygen atoms in total. The van der Waals surface area contributed by atoms with Crippen LogP contribution in [0.3, 0.4) is 0 Å². The summed E-state index contributed by atoms with van der Waals surface area (Å²) in [5, 5.41) is 12.9. The number of carbonyl (C=O) groups is 2. The Morgan fingerprint density at radius 1 is 1.17 bits per heavy atom. The maximum atomic E-state index is 12.0. The Morgan fingerprint density at radius 2 is 1.87 bits per heavy atom. The summed E-state index contributed by atoms with van der Waals surface area (Å²) in [4.78, 5) is 24.0. The van der Waals surface area contributed by atoms with E-state index in [1.807, 2.05) is 0 Å². The molecule has 1 amide bonds. The molecule has 0 unspecified atom stereocenters. The molecule has 0 aliphatic carbocycles. The molecule has 120 valence electrons. The summed E-state index contributed by atoms with van der Waals surface area (Å²) >= 11 is 11.6. The third-order valence-electron chi connectivity index (χ3n) is 2.96. The summed E-state index contributed by atoms with van der Waals surface area (Å²) < 4.78 is 5.03. The fourth-order valence-corrected chi connectivity index (χ4v) is 2.10. The molecule has 2 aromatic carbocycles. The molecule has 0 fully saturated rings. The van der Waals surface area contributed by atoms with E-state index in [4.69, 9.17) is 27.9 Å². The summed E-state index contributed by atoms with van der Waals surface area (Å²) in [7, 11) is 0. The van der Waals surface area contributed by atoms with Crippen LogP contribution in [-0.4, -0.2) is 23.1 Å². The van der Waals surface area contributed by atoms with Crippen molar-refractivity contribution in [3.63, 3.8) is 0 Å². The maximum absolute atomic E-state index is 12.0. The average molecular weight is 354 g/mol. The zero-order valence-electron chi connectivity index (χ0n) is 12.0. The number of esters is 1. The highest BCUT2D eigenvalue weighted by Gasteiger charge is 2.21. The molecule has 0 aliphatic rings. The van der Waals surface area contributed by atoms with E-state index in [9.17, 15) is 14.7 Å². The number of aromatic hydroxyl groups is 1. The maximum Gasteiger partial charge on any atom is 0.342 e. The Hall–Kier alpha value is -2.24. The van der Waals surface area contributed by atoms with E-state index in [1.54, 1.807) is 24.3 Å². The second-order valence-electron chi connectivity index (χ2n) is 4.68. The molecule has 0 aromatic heterocycles. The highest BCUT2D eigenvalue weighted by atomic mass is 35.5. The average Bonchev–Trinajstić information content (AvgIpc) is 2.49. The second kappa shape index (κ2) is 7.35. The minimum atomic E-state index is -1.08. The summed E-state index contributed by atoms with van der Waals surface area (Å²) in [6, 6.07) is 10.7. The van der Waals surface area contributed by atoms with Gasteiger partial charge in [-0.1, -0.05) is 35.3 Å². The van der Waals surface area contributed by atoms with Gasteiger partial charge >= 0.3 is 5.97 Å². The van der Waals surface area contributed by atoms with Gasteiger partial charge in [-0.05, 0) is 37.3 Å². The van der Waals surface area contributed by atoms with E-state index < -0.39 is 18.0 Å². The summed E-state index contributed by atoms with van der Waals surface area (Å²) in [5.74, 6) is -1.69. The van der Waals surface area contributed by atoms with E-state index in [2.05, 4.69) is 5.32 Å². The summed E-state index contributed by atoms with van der Waals surface area (Å²) in [5.41, 5.74) is 0.336. The van der Waals surface area contributed by atoms with Crippen molar-refractivity contribution in [1.29, 1.82) is 0 Å². The summed E-state index contributed by atoms with van der Waals surface area (Å²) in [6.45, 7) is 1.41. The molecule has 0 saturated carbocycles. The Kier molecular flexibility index (Phi) is 5.47. The van der Waals surface area contributed by atoms with Gasteiger partial charge in [0.1, 0.15) is 11.3 Å². The molecule has 7 heteroatoms. The van der Waals surface area contributed by atoms with Gasteiger partial charge in [-0.3, -0.25) is 4.79 Å². The van der Waals surface area contributed by atoms with E-state index in [0.29, 0.717) is 10.7 Å². The monoisotopic (exact) mass is 353 g/mol. The van der Waals surface area contributed by atoms with E-state index >= 15 is 0 Å². The fourth-order valence-electron chi connectivity index (χ4n) is 1.75. The first-order chi connectivity index (χ1) is 10.9. The number of hydrogen-bond donors (Lipinski definition) is 2.